The van der Waals surface area contributed by atoms with Gasteiger partial charge < -0.3 is 5.73 Å². The van der Waals surface area contributed by atoms with Gasteiger partial charge in [-0.1, -0.05) is 36.6 Å². The van der Waals surface area contributed by atoms with Crippen molar-refractivity contribution in [3.63, 3.8) is 0 Å². The summed E-state index contributed by atoms with van der Waals surface area (Å²) in [5.74, 6) is 0.907. The maximum Gasteiger partial charge on any atom is 0.0300 e. The van der Waals surface area contributed by atoms with Gasteiger partial charge in [-0.2, -0.15) is 0 Å². The van der Waals surface area contributed by atoms with E-state index in [0.29, 0.717) is 0 Å². The molecule has 14 heavy (non-hydrogen) atoms. The van der Waals surface area contributed by atoms with Crippen molar-refractivity contribution in [1.82, 2.24) is 0 Å². The molecule has 0 radical (unpaired) electrons. The Morgan fingerprint density at radius 3 is 2.71 bits per heavy atom. The van der Waals surface area contributed by atoms with Crippen LogP contribution in [0.4, 0.5) is 0 Å². The molecule has 1 fully saturated rings. The molecule has 1 heteroatoms. The smallest absolute Gasteiger partial charge is 0.0300 e. The Balaban J connectivity index is 2.15. The maximum absolute atomic E-state index is 6.21. The van der Waals surface area contributed by atoms with Gasteiger partial charge in [0, 0.05) is 6.04 Å². The Kier molecular flexibility index (Phi) is 2.60. The molecular weight excluding hydrogens is 170 g/mol. The normalized spacial score (nSPS) is 18.2. The second-order valence-corrected chi connectivity index (χ2v) is 4.65. The predicted octanol–water partition coefficient (Wildman–Crippen LogP) is 3.10. The van der Waals surface area contributed by atoms with E-state index in [2.05, 4.69) is 32.0 Å². The third kappa shape index (κ3) is 2.16. The van der Waals surface area contributed by atoms with Crippen LogP contribution in [0.5, 0.6) is 0 Å². The van der Waals surface area contributed by atoms with Gasteiger partial charge in [0.05, 0.1) is 0 Å². The summed E-state index contributed by atoms with van der Waals surface area (Å²) in [4.78, 5) is 0. The maximum atomic E-state index is 6.21. The molecule has 0 heterocycles. The van der Waals surface area contributed by atoms with E-state index in [1.54, 1.807) is 0 Å². The first kappa shape index (κ1) is 9.72. The highest BCUT2D eigenvalue weighted by Crippen LogP contribution is 2.37. The number of nitrogens with two attached hydrogens (primary N) is 1. The molecular formula is C13H19N. The van der Waals surface area contributed by atoms with E-state index in [1.165, 1.54) is 36.0 Å². The van der Waals surface area contributed by atoms with Crippen LogP contribution >= 0.6 is 0 Å². The molecule has 0 amide bonds. The van der Waals surface area contributed by atoms with Crippen molar-refractivity contribution in [2.45, 2.75) is 39.2 Å². The van der Waals surface area contributed by atoms with Gasteiger partial charge in [-0.15, -0.1) is 0 Å². The van der Waals surface area contributed by atoms with E-state index in [-0.39, 0.29) is 6.04 Å². The van der Waals surface area contributed by atoms with Crippen LogP contribution in [-0.2, 0) is 0 Å². The summed E-state index contributed by atoms with van der Waals surface area (Å²) in [5.41, 5.74) is 10.2. The largest absolute Gasteiger partial charge is 0.324 e. The fraction of sp³-hybridized carbons (Fsp3) is 0.538. The number of hydrogen-bond donors (Lipinski definition) is 1. The van der Waals surface area contributed by atoms with Crippen LogP contribution < -0.4 is 5.73 Å². The van der Waals surface area contributed by atoms with E-state index in [1.807, 2.05) is 0 Å². The summed E-state index contributed by atoms with van der Waals surface area (Å²) in [6, 6.07) is 6.82. The number of aryl methyl sites for hydroxylation is 2. The lowest BCUT2D eigenvalue weighted by Gasteiger charge is -2.15. The first-order chi connectivity index (χ1) is 6.66. The van der Waals surface area contributed by atoms with E-state index in [9.17, 15) is 0 Å². The zero-order chi connectivity index (χ0) is 10.1. The Morgan fingerprint density at radius 2 is 2.07 bits per heavy atom. The van der Waals surface area contributed by atoms with Crippen LogP contribution in [0.2, 0.25) is 0 Å². The van der Waals surface area contributed by atoms with E-state index in [4.69, 9.17) is 5.73 Å². The van der Waals surface area contributed by atoms with Gasteiger partial charge in [-0.25, -0.2) is 0 Å². The summed E-state index contributed by atoms with van der Waals surface area (Å²) >= 11 is 0. The van der Waals surface area contributed by atoms with Crippen molar-refractivity contribution < 1.29 is 0 Å². The molecule has 0 unspecified atom stereocenters. The van der Waals surface area contributed by atoms with Gasteiger partial charge >= 0.3 is 0 Å². The molecule has 0 bridgehead atoms. The lowest BCUT2D eigenvalue weighted by molar-refractivity contribution is 0.594. The van der Waals surface area contributed by atoms with Gasteiger partial charge in [0.2, 0.25) is 0 Å². The third-order valence-electron chi connectivity index (χ3n) is 3.12. The SMILES string of the molecule is Cc1ccc(C)c([C@H](N)CC2CC2)c1. The molecule has 1 nitrogen and oxygen atoms in total. The quantitative estimate of drug-likeness (QED) is 0.776. The number of benzene rings is 1. The Hall–Kier alpha value is -0.820. The van der Waals surface area contributed by atoms with Crippen LogP contribution in [-0.4, -0.2) is 0 Å². The Labute approximate surface area is 86.3 Å². The summed E-state index contributed by atoms with van der Waals surface area (Å²) < 4.78 is 0. The lowest BCUT2D eigenvalue weighted by atomic mass is 9.96. The summed E-state index contributed by atoms with van der Waals surface area (Å²) in [7, 11) is 0. The lowest BCUT2D eigenvalue weighted by Crippen LogP contribution is -2.12. The van der Waals surface area contributed by atoms with Crippen LogP contribution in [0, 0.1) is 19.8 Å². The summed E-state index contributed by atoms with van der Waals surface area (Å²) in [5, 5.41) is 0. The molecule has 2 N–H and O–H groups in total. The molecule has 1 aromatic carbocycles. The van der Waals surface area contributed by atoms with Crippen molar-refractivity contribution in [1.29, 1.82) is 0 Å². The number of hydrogen-bond acceptors (Lipinski definition) is 1. The Morgan fingerprint density at radius 1 is 1.36 bits per heavy atom. The van der Waals surface area contributed by atoms with Gasteiger partial charge in [-0.3, -0.25) is 0 Å². The van der Waals surface area contributed by atoms with Gasteiger partial charge in [0.1, 0.15) is 0 Å². The monoisotopic (exact) mass is 189 g/mol. The van der Waals surface area contributed by atoms with Gasteiger partial charge in [0.15, 0.2) is 0 Å². The molecule has 1 saturated carbocycles. The molecule has 0 spiro atoms. The molecule has 1 aromatic rings. The summed E-state index contributed by atoms with van der Waals surface area (Å²) in [6.07, 6.45) is 3.95. The van der Waals surface area contributed by atoms with Gasteiger partial charge in [0.25, 0.3) is 0 Å². The van der Waals surface area contributed by atoms with Crippen molar-refractivity contribution >= 4 is 0 Å². The standard InChI is InChI=1S/C13H19N/c1-9-3-4-10(2)12(7-9)13(14)8-11-5-6-11/h3-4,7,11,13H,5-6,8,14H2,1-2H3/t13-/m1/s1. The van der Waals surface area contributed by atoms with Crippen LogP contribution in [0.15, 0.2) is 18.2 Å². The molecule has 0 saturated heterocycles. The first-order valence-electron chi connectivity index (χ1n) is 5.49. The molecule has 0 aliphatic heterocycles. The highest BCUT2D eigenvalue weighted by Gasteiger charge is 2.24. The molecule has 76 valence electrons. The molecule has 1 atom stereocenters. The fourth-order valence-electron chi connectivity index (χ4n) is 2.00. The second-order valence-electron chi connectivity index (χ2n) is 4.65. The summed E-state index contributed by atoms with van der Waals surface area (Å²) in [6.45, 7) is 4.29. The van der Waals surface area contributed by atoms with E-state index in [0.717, 1.165) is 5.92 Å². The highest BCUT2D eigenvalue weighted by atomic mass is 14.6. The van der Waals surface area contributed by atoms with Crippen molar-refractivity contribution in [3.05, 3.63) is 34.9 Å². The number of rotatable bonds is 3. The Bertz CT molecular complexity index is 326. The molecule has 1 aliphatic rings. The van der Waals surface area contributed by atoms with Crippen LogP contribution in [0.1, 0.15) is 42.0 Å². The molecule has 2 rings (SSSR count). The van der Waals surface area contributed by atoms with E-state index >= 15 is 0 Å². The van der Waals surface area contributed by atoms with Crippen molar-refractivity contribution in [3.8, 4) is 0 Å². The zero-order valence-electron chi connectivity index (χ0n) is 9.09. The molecule has 0 aromatic heterocycles. The van der Waals surface area contributed by atoms with Crippen molar-refractivity contribution in [2.75, 3.05) is 0 Å². The first-order valence-corrected chi connectivity index (χ1v) is 5.49. The predicted molar refractivity (Wildman–Crippen MR) is 60.2 cm³/mol. The average molecular weight is 189 g/mol. The zero-order valence-corrected chi connectivity index (χ0v) is 9.09. The fourth-order valence-corrected chi connectivity index (χ4v) is 2.00. The van der Waals surface area contributed by atoms with Crippen LogP contribution in [0.3, 0.4) is 0 Å². The molecule has 1 aliphatic carbocycles. The van der Waals surface area contributed by atoms with E-state index < -0.39 is 0 Å². The second kappa shape index (κ2) is 3.74. The highest BCUT2D eigenvalue weighted by molar-refractivity contribution is 5.32. The minimum absolute atomic E-state index is 0.252. The van der Waals surface area contributed by atoms with Crippen molar-refractivity contribution in [2.24, 2.45) is 11.7 Å². The third-order valence-corrected chi connectivity index (χ3v) is 3.12. The van der Waals surface area contributed by atoms with Gasteiger partial charge in [-0.05, 0) is 37.3 Å². The minimum Gasteiger partial charge on any atom is -0.324 e. The average Bonchev–Trinajstić information content (AvgIpc) is 2.93. The van der Waals surface area contributed by atoms with Crippen LogP contribution in [0.25, 0.3) is 0 Å². The topological polar surface area (TPSA) is 26.0 Å². The minimum atomic E-state index is 0.252.